The lowest BCUT2D eigenvalue weighted by molar-refractivity contribution is -0.136. The molecule has 6 heteroatoms. The van der Waals surface area contributed by atoms with Crippen molar-refractivity contribution in [2.45, 2.75) is 72.8 Å². The summed E-state index contributed by atoms with van der Waals surface area (Å²) in [5, 5.41) is 9.75. The van der Waals surface area contributed by atoms with Crippen molar-refractivity contribution in [2.75, 3.05) is 18.0 Å². The summed E-state index contributed by atoms with van der Waals surface area (Å²) in [6, 6.07) is 12.5. The van der Waals surface area contributed by atoms with E-state index in [0.717, 1.165) is 89.7 Å². The van der Waals surface area contributed by atoms with Crippen LogP contribution in [0.2, 0.25) is 0 Å². The minimum atomic E-state index is -0.826. The van der Waals surface area contributed by atoms with Crippen LogP contribution in [0.1, 0.15) is 73.1 Å². The number of carboxylic acids is 1. The summed E-state index contributed by atoms with van der Waals surface area (Å²) in [5.41, 5.74) is 9.17. The Hall–Kier alpha value is -3.41. The molecule has 194 valence electrons. The summed E-state index contributed by atoms with van der Waals surface area (Å²) < 4.78 is 6.39. The monoisotopic (exact) mass is 499 g/mol. The van der Waals surface area contributed by atoms with Gasteiger partial charge in [0.15, 0.2) is 0 Å². The Morgan fingerprint density at radius 2 is 1.84 bits per heavy atom. The molecule has 5 rings (SSSR count). The predicted octanol–water partition coefficient (Wildman–Crippen LogP) is 6.39. The molecule has 3 aromatic rings. The topological polar surface area (TPSA) is 75.5 Å². The number of hydrogen-bond acceptors (Lipinski definition) is 5. The van der Waals surface area contributed by atoms with Crippen LogP contribution < -0.4 is 9.64 Å². The van der Waals surface area contributed by atoms with Gasteiger partial charge in [0.25, 0.3) is 0 Å². The molecule has 0 spiro atoms. The van der Waals surface area contributed by atoms with Gasteiger partial charge in [-0.05, 0) is 87.3 Å². The fraction of sp³-hybridized carbons (Fsp3) is 0.452. The van der Waals surface area contributed by atoms with Crippen molar-refractivity contribution in [3.05, 3.63) is 70.3 Å². The van der Waals surface area contributed by atoms with Crippen molar-refractivity contribution < 1.29 is 14.6 Å². The molecule has 1 atom stereocenters. The number of hydrogen-bond donors (Lipinski definition) is 1. The molecule has 2 aliphatic rings. The summed E-state index contributed by atoms with van der Waals surface area (Å²) in [7, 11) is 0. The van der Waals surface area contributed by atoms with Gasteiger partial charge in [-0.15, -0.1) is 0 Å². The van der Waals surface area contributed by atoms with Gasteiger partial charge in [-0.2, -0.15) is 0 Å². The molecule has 2 aromatic heterocycles. The third-order valence-electron chi connectivity index (χ3n) is 7.95. The van der Waals surface area contributed by atoms with Crippen molar-refractivity contribution in [3.63, 3.8) is 0 Å². The predicted molar refractivity (Wildman–Crippen MR) is 146 cm³/mol. The van der Waals surface area contributed by atoms with Crippen LogP contribution >= 0.6 is 0 Å². The number of piperidine rings is 1. The number of rotatable bonds is 5. The van der Waals surface area contributed by atoms with E-state index in [4.69, 9.17) is 9.72 Å². The second-order valence-corrected chi connectivity index (χ2v) is 11.4. The number of aryl methyl sites for hydroxylation is 4. The lowest BCUT2D eigenvalue weighted by atomic mass is 9.82. The van der Waals surface area contributed by atoms with E-state index in [2.05, 4.69) is 41.9 Å². The molecule has 4 heterocycles. The molecular formula is C31H37N3O3. The Bertz CT molecular complexity index is 1340. The lowest BCUT2D eigenvalue weighted by Gasteiger charge is -2.40. The first-order valence-corrected chi connectivity index (χ1v) is 13.3. The SMILES string of the molecule is Cc1cccc(C2CCc3cc(-c4c(C)nc(C)c(CC(=O)O)c4N4CCC(C)(C)CC4)ccc3O2)n1. The molecule has 1 N–H and O–H groups in total. The van der Waals surface area contributed by atoms with Crippen molar-refractivity contribution in [2.24, 2.45) is 5.41 Å². The Morgan fingerprint density at radius 1 is 1.08 bits per heavy atom. The Labute approximate surface area is 219 Å². The van der Waals surface area contributed by atoms with E-state index in [-0.39, 0.29) is 12.5 Å². The van der Waals surface area contributed by atoms with Crippen LogP contribution in [0.4, 0.5) is 5.69 Å². The number of aromatic nitrogens is 2. The van der Waals surface area contributed by atoms with Crippen molar-refractivity contribution in [1.29, 1.82) is 0 Å². The molecular weight excluding hydrogens is 462 g/mol. The Balaban J connectivity index is 1.55. The average molecular weight is 500 g/mol. The minimum absolute atomic E-state index is 0.0272. The zero-order valence-electron chi connectivity index (χ0n) is 22.6. The molecule has 6 nitrogen and oxygen atoms in total. The number of ether oxygens (including phenoxy) is 1. The summed E-state index contributed by atoms with van der Waals surface area (Å²) >= 11 is 0. The number of nitrogens with zero attached hydrogens (tertiary/aromatic N) is 3. The van der Waals surface area contributed by atoms with Gasteiger partial charge < -0.3 is 14.7 Å². The van der Waals surface area contributed by atoms with Crippen LogP contribution in [-0.2, 0) is 17.6 Å². The highest BCUT2D eigenvalue weighted by atomic mass is 16.5. The molecule has 1 aromatic carbocycles. The maximum atomic E-state index is 11.9. The third kappa shape index (κ3) is 5.20. The molecule has 0 radical (unpaired) electrons. The number of carbonyl (C=O) groups is 1. The molecule has 0 aliphatic carbocycles. The molecule has 1 unspecified atom stereocenters. The molecule has 0 amide bonds. The highest BCUT2D eigenvalue weighted by Crippen LogP contribution is 2.43. The van der Waals surface area contributed by atoms with Crippen molar-refractivity contribution >= 4 is 11.7 Å². The van der Waals surface area contributed by atoms with Crippen LogP contribution in [0.25, 0.3) is 11.1 Å². The molecule has 0 bridgehead atoms. The van der Waals surface area contributed by atoms with Crippen LogP contribution in [0, 0.1) is 26.2 Å². The van der Waals surface area contributed by atoms with Crippen LogP contribution in [0.5, 0.6) is 5.75 Å². The van der Waals surface area contributed by atoms with Gasteiger partial charge in [0, 0.05) is 41.3 Å². The Kier molecular flexibility index (Phi) is 6.69. The second-order valence-electron chi connectivity index (χ2n) is 11.4. The average Bonchev–Trinajstić information content (AvgIpc) is 2.85. The number of carboxylic acid groups (broad SMARTS) is 1. The highest BCUT2D eigenvalue weighted by Gasteiger charge is 2.31. The van der Waals surface area contributed by atoms with E-state index in [1.54, 1.807) is 0 Å². The number of benzene rings is 1. The van der Waals surface area contributed by atoms with Crippen LogP contribution in [-0.4, -0.2) is 34.1 Å². The maximum absolute atomic E-state index is 11.9. The fourth-order valence-corrected chi connectivity index (χ4v) is 5.76. The van der Waals surface area contributed by atoms with E-state index in [1.165, 1.54) is 5.56 Å². The van der Waals surface area contributed by atoms with E-state index in [0.29, 0.717) is 5.41 Å². The van der Waals surface area contributed by atoms with E-state index in [1.807, 2.05) is 39.0 Å². The van der Waals surface area contributed by atoms with Gasteiger partial charge in [0.2, 0.25) is 0 Å². The molecule has 1 saturated heterocycles. The minimum Gasteiger partial charge on any atom is -0.484 e. The second kappa shape index (κ2) is 9.81. The van der Waals surface area contributed by atoms with Gasteiger partial charge in [-0.3, -0.25) is 14.8 Å². The molecule has 2 aliphatic heterocycles. The lowest BCUT2D eigenvalue weighted by Crippen LogP contribution is -2.38. The largest absolute Gasteiger partial charge is 0.484 e. The number of fused-ring (bicyclic) bond motifs is 1. The first kappa shape index (κ1) is 25.2. The standard InChI is InChI=1S/C31H37N3O3/c1-19-7-6-8-25(32-19)27-12-9-22-17-23(10-11-26(22)37-27)29-21(3)33-20(2)24(18-28(35)36)30(29)34-15-13-31(4,5)14-16-34/h6-8,10-11,17,27H,9,12-16,18H2,1-5H3,(H,35,36). The van der Waals surface area contributed by atoms with Crippen molar-refractivity contribution in [1.82, 2.24) is 9.97 Å². The van der Waals surface area contributed by atoms with Gasteiger partial charge in [-0.1, -0.05) is 26.0 Å². The van der Waals surface area contributed by atoms with E-state index < -0.39 is 5.97 Å². The molecule has 37 heavy (non-hydrogen) atoms. The van der Waals surface area contributed by atoms with Crippen LogP contribution in [0.15, 0.2) is 36.4 Å². The zero-order valence-corrected chi connectivity index (χ0v) is 22.6. The summed E-state index contributed by atoms with van der Waals surface area (Å²) in [4.78, 5) is 23.8. The highest BCUT2D eigenvalue weighted by molar-refractivity contribution is 5.86. The maximum Gasteiger partial charge on any atom is 0.307 e. The molecule has 0 saturated carbocycles. The first-order valence-electron chi connectivity index (χ1n) is 13.3. The van der Waals surface area contributed by atoms with Gasteiger partial charge in [0.05, 0.1) is 17.8 Å². The van der Waals surface area contributed by atoms with Crippen LogP contribution in [0.3, 0.4) is 0 Å². The van der Waals surface area contributed by atoms with Gasteiger partial charge in [-0.25, -0.2) is 0 Å². The first-order chi connectivity index (χ1) is 17.6. The summed E-state index contributed by atoms with van der Waals surface area (Å²) in [6.07, 6.45) is 3.85. The van der Waals surface area contributed by atoms with E-state index >= 15 is 0 Å². The van der Waals surface area contributed by atoms with Gasteiger partial charge in [0.1, 0.15) is 11.9 Å². The molecule has 1 fully saturated rings. The quantitative estimate of drug-likeness (QED) is 0.438. The fourth-order valence-electron chi connectivity index (χ4n) is 5.76. The van der Waals surface area contributed by atoms with Gasteiger partial charge >= 0.3 is 5.97 Å². The van der Waals surface area contributed by atoms with Crippen molar-refractivity contribution in [3.8, 4) is 16.9 Å². The normalized spacial score (nSPS) is 18.7. The third-order valence-corrected chi connectivity index (χ3v) is 7.95. The summed E-state index contributed by atoms with van der Waals surface area (Å²) in [5.74, 6) is 0.0704. The number of aliphatic carboxylic acids is 1. The number of pyridine rings is 2. The number of anilines is 1. The smallest absolute Gasteiger partial charge is 0.307 e. The Morgan fingerprint density at radius 3 is 2.54 bits per heavy atom. The zero-order chi connectivity index (χ0) is 26.3. The summed E-state index contributed by atoms with van der Waals surface area (Å²) in [6.45, 7) is 12.4. The van der Waals surface area contributed by atoms with E-state index in [9.17, 15) is 9.90 Å².